The van der Waals surface area contributed by atoms with Gasteiger partial charge in [0, 0.05) is 32.6 Å². The lowest BCUT2D eigenvalue weighted by Gasteiger charge is -2.32. The first-order chi connectivity index (χ1) is 9.95. The predicted octanol–water partition coefficient (Wildman–Crippen LogP) is 1.62. The maximum absolute atomic E-state index is 12.3. The fourth-order valence-electron chi connectivity index (χ4n) is 2.91. The van der Waals surface area contributed by atoms with Crippen molar-refractivity contribution in [1.82, 2.24) is 15.1 Å². The summed E-state index contributed by atoms with van der Waals surface area (Å²) in [6, 6.07) is 0.506. The molecule has 0 radical (unpaired) electrons. The molecule has 21 heavy (non-hydrogen) atoms. The average Bonchev–Trinajstić information content (AvgIpc) is 2.47. The van der Waals surface area contributed by atoms with E-state index < -0.39 is 0 Å². The Morgan fingerprint density at radius 2 is 1.76 bits per heavy atom. The van der Waals surface area contributed by atoms with Gasteiger partial charge in [-0.1, -0.05) is 26.2 Å². The quantitative estimate of drug-likeness (QED) is 0.777. The average molecular weight is 297 g/mol. The Hall–Kier alpha value is -1.10. The molecular weight excluding hydrogens is 266 g/mol. The van der Waals surface area contributed by atoms with Crippen LogP contribution in [0.3, 0.4) is 0 Å². The first-order valence-corrected chi connectivity index (χ1v) is 8.18. The number of nitrogens with zero attached hydrogens (tertiary/aromatic N) is 2. The molecule has 0 aliphatic heterocycles. The summed E-state index contributed by atoms with van der Waals surface area (Å²) >= 11 is 0. The van der Waals surface area contributed by atoms with E-state index >= 15 is 0 Å². The summed E-state index contributed by atoms with van der Waals surface area (Å²) in [5.41, 5.74) is 0. The Bertz CT molecular complexity index is 340. The lowest BCUT2D eigenvalue weighted by atomic mass is 9.94. The van der Waals surface area contributed by atoms with Crippen molar-refractivity contribution in [2.24, 2.45) is 0 Å². The molecule has 1 rings (SSSR count). The van der Waals surface area contributed by atoms with Crippen LogP contribution in [0.2, 0.25) is 0 Å². The number of carbonyl (C=O) groups is 2. The minimum absolute atomic E-state index is 0.0221. The molecule has 0 spiro atoms. The lowest BCUT2D eigenvalue weighted by molar-refractivity contribution is -0.140. The molecule has 1 aliphatic rings. The van der Waals surface area contributed by atoms with Gasteiger partial charge in [0.1, 0.15) is 0 Å². The summed E-state index contributed by atoms with van der Waals surface area (Å²) in [5, 5.41) is 3.22. The number of nitrogens with one attached hydrogen (secondary N) is 1. The molecule has 1 saturated carbocycles. The molecule has 122 valence electrons. The molecule has 1 fully saturated rings. The van der Waals surface area contributed by atoms with Crippen LogP contribution in [0.25, 0.3) is 0 Å². The molecule has 0 aromatic rings. The van der Waals surface area contributed by atoms with E-state index in [9.17, 15) is 9.59 Å². The van der Waals surface area contributed by atoms with E-state index in [1.165, 1.54) is 19.3 Å². The van der Waals surface area contributed by atoms with Gasteiger partial charge in [-0.2, -0.15) is 0 Å². The molecule has 2 amide bonds. The Labute approximate surface area is 129 Å². The van der Waals surface area contributed by atoms with Crippen molar-refractivity contribution in [3.05, 3.63) is 0 Å². The van der Waals surface area contributed by atoms with Crippen LogP contribution in [0.4, 0.5) is 0 Å². The summed E-state index contributed by atoms with van der Waals surface area (Å²) in [7, 11) is 3.59. The lowest BCUT2D eigenvalue weighted by Crippen LogP contribution is -2.45. The summed E-state index contributed by atoms with van der Waals surface area (Å²) in [6.45, 7) is 5.05. The van der Waals surface area contributed by atoms with Crippen LogP contribution >= 0.6 is 0 Å². The normalized spacial score (nSPS) is 17.3. The fourth-order valence-corrected chi connectivity index (χ4v) is 2.91. The molecule has 5 nitrogen and oxygen atoms in total. The van der Waals surface area contributed by atoms with Gasteiger partial charge in [0.25, 0.3) is 0 Å². The second kappa shape index (κ2) is 9.03. The molecule has 1 atom stereocenters. The van der Waals surface area contributed by atoms with Crippen molar-refractivity contribution in [2.75, 3.05) is 27.2 Å². The van der Waals surface area contributed by atoms with Crippen LogP contribution in [0.1, 0.15) is 52.4 Å². The Kier molecular flexibility index (Phi) is 7.72. The van der Waals surface area contributed by atoms with E-state index in [1.54, 1.807) is 11.9 Å². The zero-order chi connectivity index (χ0) is 15.8. The standard InChI is InChI=1S/C16H31N3O2/c1-5-17-13(2)11-15(20)18(3)12-16(21)19(4)14-9-7-6-8-10-14/h13-14,17H,5-12H2,1-4H3. The highest BCUT2D eigenvalue weighted by Crippen LogP contribution is 2.21. The predicted molar refractivity (Wildman–Crippen MR) is 85.0 cm³/mol. The Morgan fingerprint density at radius 3 is 2.33 bits per heavy atom. The summed E-state index contributed by atoms with van der Waals surface area (Å²) in [6.07, 6.45) is 6.31. The van der Waals surface area contributed by atoms with E-state index in [1.807, 2.05) is 25.8 Å². The Morgan fingerprint density at radius 1 is 1.14 bits per heavy atom. The van der Waals surface area contributed by atoms with E-state index in [-0.39, 0.29) is 24.4 Å². The summed E-state index contributed by atoms with van der Waals surface area (Å²) < 4.78 is 0. The highest BCUT2D eigenvalue weighted by atomic mass is 16.2. The highest BCUT2D eigenvalue weighted by Gasteiger charge is 2.24. The number of carbonyl (C=O) groups excluding carboxylic acids is 2. The molecule has 1 N–H and O–H groups in total. The maximum atomic E-state index is 12.3. The molecule has 5 heteroatoms. The summed E-state index contributed by atoms with van der Waals surface area (Å²) in [5.74, 6) is 0.0719. The third kappa shape index (κ3) is 6.04. The number of hydrogen-bond donors (Lipinski definition) is 1. The third-order valence-corrected chi connectivity index (χ3v) is 4.35. The topological polar surface area (TPSA) is 52.7 Å². The van der Waals surface area contributed by atoms with E-state index in [4.69, 9.17) is 0 Å². The van der Waals surface area contributed by atoms with E-state index in [2.05, 4.69) is 5.32 Å². The van der Waals surface area contributed by atoms with E-state index in [0.29, 0.717) is 12.5 Å². The van der Waals surface area contributed by atoms with Crippen molar-refractivity contribution >= 4 is 11.8 Å². The third-order valence-electron chi connectivity index (χ3n) is 4.35. The zero-order valence-electron chi connectivity index (χ0n) is 14.0. The minimum atomic E-state index is 0.0221. The maximum Gasteiger partial charge on any atom is 0.242 e. The number of rotatable bonds is 7. The fraction of sp³-hybridized carbons (Fsp3) is 0.875. The van der Waals surface area contributed by atoms with Crippen molar-refractivity contribution < 1.29 is 9.59 Å². The van der Waals surface area contributed by atoms with Gasteiger partial charge in [0.2, 0.25) is 11.8 Å². The highest BCUT2D eigenvalue weighted by molar-refractivity contribution is 5.84. The van der Waals surface area contributed by atoms with Crippen LogP contribution < -0.4 is 5.32 Å². The molecule has 0 aromatic carbocycles. The van der Waals surface area contributed by atoms with Crippen LogP contribution in [-0.4, -0.2) is 60.9 Å². The SMILES string of the molecule is CCNC(C)CC(=O)N(C)CC(=O)N(C)C1CCCCC1. The largest absolute Gasteiger partial charge is 0.341 e. The van der Waals surface area contributed by atoms with Crippen LogP contribution in [0, 0.1) is 0 Å². The minimum Gasteiger partial charge on any atom is -0.341 e. The monoisotopic (exact) mass is 297 g/mol. The smallest absolute Gasteiger partial charge is 0.242 e. The van der Waals surface area contributed by atoms with Crippen molar-refractivity contribution in [1.29, 1.82) is 0 Å². The van der Waals surface area contributed by atoms with Gasteiger partial charge < -0.3 is 15.1 Å². The Balaban J connectivity index is 2.39. The van der Waals surface area contributed by atoms with Gasteiger partial charge in [-0.3, -0.25) is 9.59 Å². The molecule has 1 aliphatic carbocycles. The molecule has 0 bridgehead atoms. The van der Waals surface area contributed by atoms with Gasteiger partial charge in [-0.05, 0) is 26.3 Å². The molecular formula is C16H31N3O2. The van der Waals surface area contributed by atoms with Gasteiger partial charge in [-0.25, -0.2) is 0 Å². The molecule has 0 aromatic heterocycles. The first kappa shape index (κ1) is 18.0. The number of amides is 2. The van der Waals surface area contributed by atoms with E-state index in [0.717, 1.165) is 19.4 Å². The van der Waals surface area contributed by atoms with Crippen molar-refractivity contribution in [3.63, 3.8) is 0 Å². The second-order valence-electron chi connectivity index (χ2n) is 6.21. The number of hydrogen-bond acceptors (Lipinski definition) is 3. The molecule has 1 unspecified atom stereocenters. The van der Waals surface area contributed by atoms with Crippen LogP contribution in [-0.2, 0) is 9.59 Å². The molecule has 0 heterocycles. The number of likely N-dealkylation sites (N-methyl/N-ethyl adjacent to an activating group) is 2. The first-order valence-electron chi connectivity index (χ1n) is 8.18. The van der Waals surface area contributed by atoms with Crippen LogP contribution in [0.15, 0.2) is 0 Å². The van der Waals surface area contributed by atoms with Gasteiger partial charge in [-0.15, -0.1) is 0 Å². The van der Waals surface area contributed by atoms with Crippen molar-refractivity contribution in [3.8, 4) is 0 Å². The molecule has 0 saturated heterocycles. The second-order valence-corrected chi connectivity index (χ2v) is 6.21. The van der Waals surface area contributed by atoms with Crippen LogP contribution in [0.5, 0.6) is 0 Å². The van der Waals surface area contributed by atoms with Gasteiger partial charge in [0.05, 0.1) is 6.54 Å². The van der Waals surface area contributed by atoms with Gasteiger partial charge in [0.15, 0.2) is 0 Å². The van der Waals surface area contributed by atoms with Gasteiger partial charge >= 0.3 is 0 Å². The van der Waals surface area contributed by atoms with Crippen molar-refractivity contribution in [2.45, 2.75) is 64.5 Å². The zero-order valence-corrected chi connectivity index (χ0v) is 14.0. The summed E-state index contributed by atoms with van der Waals surface area (Å²) in [4.78, 5) is 27.8.